The molecule has 2 amide bonds. The molecular weight excluding hydrogens is 280 g/mol. The molecule has 1 aliphatic heterocycles. The lowest BCUT2D eigenvalue weighted by Gasteiger charge is -2.22. The molecule has 1 unspecified atom stereocenters. The highest BCUT2D eigenvalue weighted by Gasteiger charge is 2.33. The number of aryl methyl sites for hydroxylation is 1. The topological polar surface area (TPSA) is 66.5 Å². The van der Waals surface area contributed by atoms with Crippen LogP contribution in [-0.2, 0) is 16.1 Å². The van der Waals surface area contributed by atoms with E-state index in [1.165, 1.54) is 0 Å². The number of carbonyl (C=O) groups is 3. The van der Waals surface area contributed by atoms with Crippen molar-refractivity contribution in [3.05, 3.63) is 34.9 Å². The molecule has 1 aromatic carbocycles. The van der Waals surface area contributed by atoms with Gasteiger partial charge in [-0.05, 0) is 30.5 Å². The average molecular weight is 304 g/mol. The summed E-state index contributed by atoms with van der Waals surface area (Å²) < 4.78 is 0. The van der Waals surface area contributed by atoms with Crippen LogP contribution in [-0.4, -0.2) is 36.1 Å². The Balaban J connectivity index is 0.00000116. The van der Waals surface area contributed by atoms with Gasteiger partial charge in [0.2, 0.25) is 5.91 Å². The fourth-order valence-electron chi connectivity index (χ4n) is 2.48. The molecule has 1 atom stereocenters. The third-order valence-corrected chi connectivity index (χ3v) is 3.73. The van der Waals surface area contributed by atoms with E-state index in [0.717, 1.165) is 17.4 Å². The Hall–Kier alpha value is -2.17. The lowest BCUT2D eigenvalue weighted by Crippen LogP contribution is -2.37. The predicted molar refractivity (Wildman–Crippen MR) is 85.6 cm³/mol. The van der Waals surface area contributed by atoms with Crippen LogP contribution in [0.3, 0.4) is 0 Å². The number of hydrogen-bond acceptors (Lipinski definition) is 3. The quantitative estimate of drug-likeness (QED) is 0.847. The van der Waals surface area contributed by atoms with Crippen LogP contribution in [0.2, 0.25) is 0 Å². The second-order valence-corrected chi connectivity index (χ2v) is 4.95. The molecule has 0 saturated heterocycles. The monoisotopic (exact) mass is 304 g/mol. The first-order valence-corrected chi connectivity index (χ1v) is 7.63. The normalized spacial score (nSPS) is 13.8. The minimum atomic E-state index is -0.549. The van der Waals surface area contributed by atoms with Crippen molar-refractivity contribution < 1.29 is 14.4 Å². The average Bonchev–Trinajstić information content (AvgIpc) is 2.89. The number of amides is 2. The number of nitrogens with one attached hydrogen (secondary N) is 1. The van der Waals surface area contributed by atoms with Gasteiger partial charge in [0.15, 0.2) is 0 Å². The van der Waals surface area contributed by atoms with Crippen LogP contribution in [0.5, 0.6) is 0 Å². The number of rotatable bonds is 5. The Morgan fingerprint density at radius 1 is 1.41 bits per heavy atom. The lowest BCUT2D eigenvalue weighted by atomic mass is 10.1. The minimum absolute atomic E-state index is 0.127. The van der Waals surface area contributed by atoms with E-state index >= 15 is 0 Å². The number of benzene rings is 1. The molecule has 0 radical (unpaired) electrons. The van der Waals surface area contributed by atoms with E-state index in [1.807, 2.05) is 32.9 Å². The maximum absolute atomic E-state index is 12.3. The van der Waals surface area contributed by atoms with Gasteiger partial charge >= 0.3 is 0 Å². The van der Waals surface area contributed by atoms with Crippen molar-refractivity contribution in [3.63, 3.8) is 0 Å². The third-order valence-electron chi connectivity index (χ3n) is 3.73. The van der Waals surface area contributed by atoms with Crippen LogP contribution in [0.4, 0.5) is 0 Å². The summed E-state index contributed by atoms with van der Waals surface area (Å²) in [5.74, 6) is -0.255. The first-order valence-electron chi connectivity index (χ1n) is 7.63. The molecule has 5 heteroatoms. The molecule has 0 fully saturated rings. The van der Waals surface area contributed by atoms with E-state index in [2.05, 4.69) is 5.32 Å². The summed E-state index contributed by atoms with van der Waals surface area (Å²) >= 11 is 0. The molecule has 0 aliphatic carbocycles. The highest BCUT2D eigenvalue weighted by atomic mass is 16.2. The Morgan fingerprint density at radius 3 is 2.64 bits per heavy atom. The molecule has 1 heterocycles. The molecule has 1 aromatic rings. The van der Waals surface area contributed by atoms with Gasteiger partial charge in [0.1, 0.15) is 6.29 Å². The van der Waals surface area contributed by atoms with Crippen molar-refractivity contribution in [3.8, 4) is 0 Å². The predicted octanol–water partition coefficient (Wildman–Crippen LogP) is 2.07. The summed E-state index contributed by atoms with van der Waals surface area (Å²) in [6, 6.07) is 5.03. The van der Waals surface area contributed by atoms with Gasteiger partial charge in [-0.1, -0.05) is 26.0 Å². The lowest BCUT2D eigenvalue weighted by molar-refractivity contribution is -0.121. The molecule has 0 aromatic heterocycles. The summed E-state index contributed by atoms with van der Waals surface area (Å²) in [4.78, 5) is 36.4. The van der Waals surface area contributed by atoms with E-state index in [0.29, 0.717) is 18.5 Å². The van der Waals surface area contributed by atoms with Crippen molar-refractivity contribution in [2.45, 2.75) is 46.2 Å². The Bertz CT molecular complexity index is 555. The zero-order valence-electron chi connectivity index (χ0n) is 13.7. The van der Waals surface area contributed by atoms with Crippen LogP contribution in [0.1, 0.15) is 48.2 Å². The molecule has 0 spiro atoms. The van der Waals surface area contributed by atoms with Crippen molar-refractivity contribution in [1.82, 2.24) is 10.2 Å². The summed E-state index contributed by atoms with van der Waals surface area (Å²) in [5, 5.41) is 2.51. The molecular formula is C17H24N2O3. The van der Waals surface area contributed by atoms with Crippen LogP contribution in [0, 0.1) is 6.92 Å². The first kappa shape index (κ1) is 17.9. The molecule has 120 valence electrons. The number of hydrogen-bond donors (Lipinski definition) is 1. The summed E-state index contributed by atoms with van der Waals surface area (Å²) in [7, 11) is 1.55. The largest absolute Gasteiger partial charge is 0.359 e. The second kappa shape index (κ2) is 8.32. The van der Waals surface area contributed by atoms with E-state index in [4.69, 9.17) is 0 Å². The van der Waals surface area contributed by atoms with Gasteiger partial charge in [-0.25, -0.2) is 0 Å². The van der Waals surface area contributed by atoms with Gasteiger partial charge in [-0.15, -0.1) is 0 Å². The van der Waals surface area contributed by atoms with Crippen molar-refractivity contribution in [2.75, 3.05) is 7.05 Å². The Labute approximate surface area is 131 Å². The molecule has 5 nitrogen and oxygen atoms in total. The van der Waals surface area contributed by atoms with Crippen LogP contribution >= 0.6 is 0 Å². The molecule has 0 bridgehead atoms. The molecule has 1 aliphatic rings. The van der Waals surface area contributed by atoms with Crippen molar-refractivity contribution in [1.29, 1.82) is 0 Å². The zero-order chi connectivity index (χ0) is 16.7. The SMILES string of the molecule is CC.CNC(=O)CCC(C=O)N1Cc2c(C)cccc2C1=O. The Kier molecular flexibility index (Phi) is 6.76. The summed E-state index contributed by atoms with van der Waals surface area (Å²) in [6.45, 7) is 6.40. The summed E-state index contributed by atoms with van der Waals surface area (Å²) in [5.41, 5.74) is 2.69. The third kappa shape index (κ3) is 3.72. The van der Waals surface area contributed by atoms with Gasteiger partial charge in [-0.3, -0.25) is 9.59 Å². The van der Waals surface area contributed by atoms with E-state index < -0.39 is 6.04 Å². The van der Waals surface area contributed by atoms with Crippen molar-refractivity contribution >= 4 is 18.1 Å². The first-order chi connectivity index (χ1) is 10.6. The zero-order valence-corrected chi connectivity index (χ0v) is 13.7. The van der Waals surface area contributed by atoms with Crippen LogP contribution < -0.4 is 5.32 Å². The number of fused-ring (bicyclic) bond motifs is 1. The number of carbonyl (C=O) groups excluding carboxylic acids is 3. The minimum Gasteiger partial charge on any atom is -0.359 e. The standard InChI is InChI=1S/C15H18N2O3.C2H6/c1-10-4-3-5-12-13(10)8-17(15(12)20)11(9-18)6-7-14(19)16-2;1-2/h3-5,9,11H,6-8H2,1-2H3,(H,16,19);1-2H3. The van der Waals surface area contributed by atoms with E-state index in [1.54, 1.807) is 18.0 Å². The maximum atomic E-state index is 12.3. The highest BCUT2D eigenvalue weighted by molar-refractivity contribution is 6.00. The fraction of sp³-hybridized carbons (Fsp3) is 0.471. The Morgan fingerprint density at radius 2 is 2.09 bits per heavy atom. The van der Waals surface area contributed by atoms with Crippen LogP contribution in [0.25, 0.3) is 0 Å². The molecule has 0 saturated carbocycles. The molecule has 22 heavy (non-hydrogen) atoms. The van der Waals surface area contributed by atoms with Gasteiger partial charge in [0, 0.05) is 25.6 Å². The smallest absolute Gasteiger partial charge is 0.255 e. The number of nitrogens with zero attached hydrogens (tertiary/aromatic N) is 1. The van der Waals surface area contributed by atoms with Gasteiger partial charge < -0.3 is 15.0 Å². The number of aldehydes is 1. The van der Waals surface area contributed by atoms with Gasteiger partial charge in [0.25, 0.3) is 5.91 Å². The van der Waals surface area contributed by atoms with Gasteiger partial charge in [-0.2, -0.15) is 0 Å². The molecule has 2 rings (SSSR count). The fourth-order valence-corrected chi connectivity index (χ4v) is 2.48. The van der Waals surface area contributed by atoms with Crippen LogP contribution in [0.15, 0.2) is 18.2 Å². The van der Waals surface area contributed by atoms with Gasteiger partial charge in [0.05, 0.1) is 6.04 Å². The van der Waals surface area contributed by atoms with E-state index in [9.17, 15) is 14.4 Å². The highest BCUT2D eigenvalue weighted by Crippen LogP contribution is 2.27. The maximum Gasteiger partial charge on any atom is 0.255 e. The summed E-state index contributed by atoms with van der Waals surface area (Å²) in [6.07, 6.45) is 1.34. The molecule has 1 N–H and O–H groups in total. The van der Waals surface area contributed by atoms with Crippen molar-refractivity contribution in [2.24, 2.45) is 0 Å². The second-order valence-electron chi connectivity index (χ2n) is 4.95. The van der Waals surface area contributed by atoms with E-state index in [-0.39, 0.29) is 18.2 Å².